The second kappa shape index (κ2) is 6.25. The van der Waals surface area contributed by atoms with Gasteiger partial charge in [0.25, 0.3) is 0 Å². The second-order valence-corrected chi connectivity index (χ2v) is 5.52. The Morgan fingerprint density at radius 2 is 2.21 bits per heavy atom. The molecular formula is C13H21N5S. The lowest BCUT2D eigenvalue weighted by atomic mass is 10.1. The minimum atomic E-state index is -0.0389. The molecule has 19 heavy (non-hydrogen) atoms. The molecule has 0 aliphatic carbocycles. The lowest BCUT2D eigenvalue weighted by Gasteiger charge is -2.11. The van der Waals surface area contributed by atoms with E-state index < -0.39 is 0 Å². The van der Waals surface area contributed by atoms with Crippen LogP contribution in [0.2, 0.25) is 0 Å². The SMILES string of the molecule is CCCc1nnsc1C(N)Cc1cc(C)nn1CC. The molecule has 2 aromatic rings. The fourth-order valence-corrected chi connectivity index (χ4v) is 2.96. The Bertz CT molecular complexity index is 531. The van der Waals surface area contributed by atoms with Crippen LogP contribution < -0.4 is 5.73 Å². The van der Waals surface area contributed by atoms with Crippen molar-refractivity contribution in [3.05, 3.63) is 28.0 Å². The third kappa shape index (κ3) is 3.19. The molecule has 104 valence electrons. The van der Waals surface area contributed by atoms with Gasteiger partial charge in [-0.25, -0.2) is 0 Å². The number of hydrogen-bond acceptors (Lipinski definition) is 5. The van der Waals surface area contributed by atoms with Gasteiger partial charge in [0.05, 0.1) is 16.3 Å². The van der Waals surface area contributed by atoms with Crippen LogP contribution >= 0.6 is 11.5 Å². The van der Waals surface area contributed by atoms with E-state index in [0.717, 1.165) is 42.1 Å². The van der Waals surface area contributed by atoms with Gasteiger partial charge in [-0.15, -0.1) is 5.10 Å². The van der Waals surface area contributed by atoms with Gasteiger partial charge in [-0.3, -0.25) is 4.68 Å². The third-order valence-corrected chi connectivity index (χ3v) is 4.02. The zero-order valence-electron chi connectivity index (χ0n) is 11.8. The number of aromatic nitrogens is 4. The summed E-state index contributed by atoms with van der Waals surface area (Å²) < 4.78 is 6.06. The average molecular weight is 279 g/mol. The fourth-order valence-electron chi connectivity index (χ4n) is 2.26. The predicted molar refractivity (Wildman–Crippen MR) is 77.2 cm³/mol. The zero-order valence-corrected chi connectivity index (χ0v) is 12.6. The first-order chi connectivity index (χ1) is 9.15. The van der Waals surface area contributed by atoms with Crippen LogP contribution in [0.15, 0.2) is 6.07 Å². The Labute approximate surface area is 118 Å². The predicted octanol–water partition coefficient (Wildman–Crippen LogP) is 2.26. The van der Waals surface area contributed by atoms with Crippen LogP contribution in [-0.4, -0.2) is 19.4 Å². The summed E-state index contributed by atoms with van der Waals surface area (Å²) in [7, 11) is 0. The first-order valence-electron chi connectivity index (χ1n) is 6.75. The summed E-state index contributed by atoms with van der Waals surface area (Å²) in [5, 5.41) is 8.64. The van der Waals surface area contributed by atoms with E-state index >= 15 is 0 Å². The monoisotopic (exact) mass is 279 g/mol. The highest BCUT2D eigenvalue weighted by molar-refractivity contribution is 7.05. The van der Waals surface area contributed by atoms with Gasteiger partial charge in [0, 0.05) is 24.7 Å². The van der Waals surface area contributed by atoms with E-state index in [9.17, 15) is 0 Å². The third-order valence-electron chi connectivity index (χ3n) is 3.12. The highest BCUT2D eigenvalue weighted by Crippen LogP contribution is 2.23. The van der Waals surface area contributed by atoms with Gasteiger partial charge in [-0.05, 0) is 37.9 Å². The molecule has 0 saturated heterocycles. The van der Waals surface area contributed by atoms with Crippen molar-refractivity contribution < 1.29 is 0 Å². The Hall–Kier alpha value is -1.27. The van der Waals surface area contributed by atoms with E-state index in [1.54, 1.807) is 0 Å². The Balaban J connectivity index is 2.15. The summed E-state index contributed by atoms with van der Waals surface area (Å²) in [5.41, 5.74) is 9.61. The standard InChI is InChI=1S/C13H21N5S/c1-4-6-12-13(19-17-15-12)11(14)8-10-7-9(3)16-18(10)5-2/h7,11H,4-6,8,14H2,1-3H3. The molecule has 1 unspecified atom stereocenters. The van der Waals surface area contributed by atoms with Crippen molar-refractivity contribution >= 4 is 11.5 Å². The zero-order chi connectivity index (χ0) is 13.8. The van der Waals surface area contributed by atoms with Gasteiger partial charge < -0.3 is 5.73 Å². The molecule has 2 rings (SSSR count). The molecule has 0 aliphatic heterocycles. The van der Waals surface area contributed by atoms with E-state index in [2.05, 4.69) is 34.6 Å². The molecule has 2 heterocycles. The number of hydrogen-bond donors (Lipinski definition) is 1. The quantitative estimate of drug-likeness (QED) is 0.880. The summed E-state index contributed by atoms with van der Waals surface area (Å²) in [4.78, 5) is 1.11. The molecule has 2 N–H and O–H groups in total. The van der Waals surface area contributed by atoms with Crippen molar-refractivity contribution in [3.63, 3.8) is 0 Å². The molecule has 1 atom stereocenters. The molecule has 0 bridgehead atoms. The first-order valence-corrected chi connectivity index (χ1v) is 7.53. The molecule has 0 amide bonds. The maximum absolute atomic E-state index is 6.32. The molecule has 0 radical (unpaired) electrons. The summed E-state index contributed by atoms with van der Waals surface area (Å²) >= 11 is 1.42. The fraction of sp³-hybridized carbons (Fsp3) is 0.615. The summed E-state index contributed by atoms with van der Waals surface area (Å²) in [6.45, 7) is 7.12. The number of nitrogens with zero attached hydrogens (tertiary/aromatic N) is 4. The van der Waals surface area contributed by atoms with Crippen molar-refractivity contribution in [2.24, 2.45) is 5.73 Å². The summed E-state index contributed by atoms with van der Waals surface area (Å²) in [6, 6.07) is 2.07. The van der Waals surface area contributed by atoms with Crippen LogP contribution in [0.3, 0.4) is 0 Å². The van der Waals surface area contributed by atoms with Crippen molar-refractivity contribution in [3.8, 4) is 0 Å². The Morgan fingerprint density at radius 3 is 2.89 bits per heavy atom. The van der Waals surface area contributed by atoms with Crippen LogP contribution in [-0.2, 0) is 19.4 Å². The molecular weight excluding hydrogens is 258 g/mol. The van der Waals surface area contributed by atoms with E-state index in [1.807, 2.05) is 11.6 Å². The van der Waals surface area contributed by atoms with Crippen molar-refractivity contribution in [2.45, 2.75) is 52.6 Å². The van der Waals surface area contributed by atoms with E-state index in [4.69, 9.17) is 5.73 Å². The van der Waals surface area contributed by atoms with Crippen LogP contribution in [0.1, 0.15) is 48.3 Å². The number of aryl methyl sites for hydroxylation is 3. The molecule has 5 nitrogen and oxygen atoms in total. The molecule has 2 aromatic heterocycles. The number of nitrogens with two attached hydrogens (primary N) is 1. The van der Waals surface area contributed by atoms with Crippen molar-refractivity contribution in [2.75, 3.05) is 0 Å². The number of rotatable bonds is 6. The van der Waals surface area contributed by atoms with E-state index in [0.29, 0.717) is 0 Å². The van der Waals surface area contributed by atoms with Gasteiger partial charge in [0.15, 0.2) is 0 Å². The van der Waals surface area contributed by atoms with Crippen LogP contribution in [0.25, 0.3) is 0 Å². The molecule has 0 spiro atoms. The second-order valence-electron chi connectivity index (χ2n) is 4.74. The van der Waals surface area contributed by atoms with Gasteiger partial charge in [0.1, 0.15) is 0 Å². The summed E-state index contributed by atoms with van der Waals surface area (Å²) in [5.74, 6) is 0. The van der Waals surface area contributed by atoms with Crippen LogP contribution in [0.4, 0.5) is 0 Å². The maximum Gasteiger partial charge on any atom is 0.0803 e. The topological polar surface area (TPSA) is 69.6 Å². The normalized spacial score (nSPS) is 12.8. The van der Waals surface area contributed by atoms with E-state index in [1.165, 1.54) is 17.2 Å². The molecule has 0 aliphatic rings. The largest absolute Gasteiger partial charge is 0.323 e. The lowest BCUT2D eigenvalue weighted by Crippen LogP contribution is -2.16. The highest BCUT2D eigenvalue weighted by Gasteiger charge is 2.17. The van der Waals surface area contributed by atoms with Crippen LogP contribution in [0.5, 0.6) is 0 Å². The Morgan fingerprint density at radius 1 is 1.42 bits per heavy atom. The molecule has 6 heteroatoms. The lowest BCUT2D eigenvalue weighted by molar-refractivity contribution is 0.588. The maximum atomic E-state index is 6.32. The highest BCUT2D eigenvalue weighted by atomic mass is 32.1. The van der Waals surface area contributed by atoms with E-state index in [-0.39, 0.29) is 6.04 Å². The molecule has 0 aromatic carbocycles. The minimum absolute atomic E-state index is 0.0389. The van der Waals surface area contributed by atoms with Crippen molar-refractivity contribution in [1.29, 1.82) is 0 Å². The molecule has 0 saturated carbocycles. The average Bonchev–Trinajstić information content (AvgIpc) is 2.96. The van der Waals surface area contributed by atoms with Crippen molar-refractivity contribution in [1.82, 2.24) is 19.4 Å². The minimum Gasteiger partial charge on any atom is -0.323 e. The Kier molecular flexibility index (Phi) is 4.66. The van der Waals surface area contributed by atoms with Gasteiger partial charge in [-0.1, -0.05) is 17.8 Å². The smallest absolute Gasteiger partial charge is 0.0803 e. The molecule has 0 fully saturated rings. The van der Waals surface area contributed by atoms with Gasteiger partial charge in [0.2, 0.25) is 0 Å². The van der Waals surface area contributed by atoms with Crippen LogP contribution in [0, 0.1) is 6.92 Å². The van der Waals surface area contributed by atoms with Gasteiger partial charge in [-0.2, -0.15) is 5.10 Å². The van der Waals surface area contributed by atoms with Gasteiger partial charge >= 0.3 is 0 Å². The summed E-state index contributed by atoms with van der Waals surface area (Å²) in [6.07, 6.45) is 2.80. The first kappa shape index (κ1) is 14.1.